The third kappa shape index (κ3) is 4.77. The molecule has 2 aliphatic heterocycles. The Balaban J connectivity index is 1.39. The van der Waals surface area contributed by atoms with Crippen molar-refractivity contribution in [3.8, 4) is 11.1 Å². The van der Waals surface area contributed by atoms with E-state index in [2.05, 4.69) is 40.4 Å². The normalized spacial score (nSPS) is 15.7. The second-order valence-corrected chi connectivity index (χ2v) is 11.2. The van der Waals surface area contributed by atoms with E-state index in [1.807, 2.05) is 72.8 Å². The van der Waals surface area contributed by atoms with Gasteiger partial charge in [0.05, 0.1) is 22.8 Å². The number of rotatable bonds is 3. The van der Waals surface area contributed by atoms with E-state index in [0.29, 0.717) is 0 Å². The molecule has 0 atom stereocenters. The van der Waals surface area contributed by atoms with E-state index in [1.165, 1.54) is 6.42 Å². The summed E-state index contributed by atoms with van der Waals surface area (Å²) in [5, 5.41) is 3.29. The summed E-state index contributed by atoms with van der Waals surface area (Å²) in [6, 6.07) is 22.5. The van der Waals surface area contributed by atoms with Crippen LogP contribution in [0.2, 0.25) is 0 Å². The van der Waals surface area contributed by atoms with Crippen LogP contribution in [-0.2, 0) is 4.79 Å². The number of aromatic amines is 2. The summed E-state index contributed by atoms with van der Waals surface area (Å²) < 4.78 is 0. The fourth-order valence-corrected chi connectivity index (χ4v) is 5.90. The van der Waals surface area contributed by atoms with E-state index in [4.69, 9.17) is 9.97 Å². The molecule has 4 aromatic rings. The molecule has 1 saturated carbocycles. The number of para-hydroxylation sites is 1. The minimum Gasteiger partial charge on any atom is -0.355 e. The van der Waals surface area contributed by atoms with Gasteiger partial charge in [0.1, 0.15) is 0 Å². The maximum absolute atomic E-state index is 13.5. The van der Waals surface area contributed by atoms with Crippen LogP contribution < -0.4 is 5.32 Å². The van der Waals surface area contributed by atoms with E-state index < -0.39 is 0 Å². The average Bonchev–Trinajstić information content (AvgIpc) is 3.75. The van der Waals surface area contributed by atoms with E-state index >= 15 is 0 Å². The zero-order chi connectivity index (χ0) is 27.1. The van der Waals surface area contributed by atoms with Crippen LogP contribution in [0.1, 0.15) is 61.8 Å². The van der Waals surface area contributed by atoms with E-state index in [1.54, 1.807) is 0 Å². The quantitative estimate of drug-likeness (QED) is 0.217. The lowest BCUT2D eigenvalue weighted by molar-refractivity contribution is -0.126. The molecule has 0 spiro atoms. The van der Waals surface area contributed by atoms with Crippen LogP contribution in [-0.4, -0.2) is 25.8 Å². The molecule has 198 valence electrons. The molecule has 7 rings (SSSR count). The molecule has 3 aliphatic rings. The first-order valence-electron chi connectivity index (χ1n) is 14.0. The summed E-state index contributed by atoms with van der Waals surface area (Å²) in [5.41, 5.74) is 9.80. The predicted octanol–water partition coefficient (Wildman–Crippen LogP) is 8.23. The number of amides is 1. The Morgan fingerprint density at radius 3 is 1.98 bits per heavy atom. The molecular formula is C34H31N5O. The number of carbonyl (C=O) groups is 1. The highest BCUT2D eigenvalue weighted by atomic mass is 16.2. The summed E-state index contributed by atoms with van der Waals surface area (Å²) in [6.07, 6.45) is 13.4. The molecule has 1 fully saturated rings. The van der Waals surface area contributed by atoms with Crippen LogP contribution in [0.4, 0.5) is 5.69 Å². The summed E-state index contributed by atoms with van der Waals surface area (Å²) in [4.78, 5) is 30.1. The van der Waals surface area contributed by atoms with Crippen LogP contribution >= 0.6 is 0 Å². The summed E-state index contributed by atoms with van der Waals surface area (Å²) >= 11 is 0. The van der Waals surface area contributed by atoms with Crippen LogP contribution in [0.25, 0.3) is 57.5 Å². The molecule has 0 radical (unpaired) electrons. The lowest BCUT2D eigenvalue weighted by atomic mass is 9.75. The Morgan fingerprint density at radius 2 is 1.30 bits per heavy atom. The van der Waals surface area contributed by atoms with Crippen molar-refractivity contribution in [1.82, 2.24) is 19.9 Å². The maximum atomic E-state index is 13.5. The first-order chi connectivity index (χ1) is 19.5. The van der Waals surface area contributed by atoms with Gasteiger partial charge in [-0.05, 0) is 85.7 Å². The number of fused-ring (bicyclic) bond motifs is 8. The van der Waals surface area contributed by atoms with Gasteiger partial charge in [0.2, 0.25) is 5.91 Å². The Kier molecular flexibility index (Phi) is 5.96. The van der Waals surface area contributed by atoms with Gasteiger partial charge in [-0.15, -0.1) is 0 Å². The SMILES string of the molecule is CC1(C(=O)Nc2ccccc2-c2cc3cc4nc(cc5ccc(cc6nc(cc2[nH]3)C=C6)[nH]5)C=C4)CCCCC1. The van der Waals surface area contributed by atoms with Crippen molar-refractivity contribution < 1.29 is 4.79 Å². The fraction of sp³-hybridized carbons (Fsp3) is 0.206. The standard InChI is InChI=1S/C34H31N5O/c1-34(15-5-2-6-16-34)33(40)39-31-8-4-3-7-29(31)30-20-28-19-26-12-11-24(36-26)17-22-9-10-23(35-22)18-25-13-14-27(37-25)21-32(30)38-28/h3-4,7-14,17-21,35,38H,2,5-6,15-16H2,1H3,(H,39,40). The number of H-pyrrole nitrogens is 2. The largest absolute Gasteiger partial charge is 0.355 e. The molecule has 1 aromatic carbocycles. The van der Waals surface area contributed by atoms with E-state index in [0.717, 1.165) is 87.3 Å². The second kappa shape index (κ2) is 9.79. The number of carbonyl (C=O) groups excluding carboxylic acids is 1. The molecule has 40 heavy (non-hydrogen) atoms. The number of aromatic nitrogens is 4. The minimum absolute atomic E-state index is 0.105. The molecule has 6 heteroatoms. The molecule has 6 nitrogen and oxygen atoms in total. The summed E-state index contributed by atoms with van der Waals surface area (Å²) in [5.74, 6) is 0.105. The third-order valence-electron chi connectivity index (χ3n) is 8.14. The molecule has 0 saturated heterocycles. The Bertz CT molecular complexity index is 1850. The smallest absolute Gasteiger partial charge is 0.230 e. The van der Waals surface area contributed by atoms with E-state index in [-0.39, 0.29) is 11.3 Å². The van der Waals surface area contributed by atoms with Crippen LogP contribution in [0.5, 0.6) is 0 Å². The van der Waals surface area contributed by atoms with Crippen molar-refractivity contribution in [3.05, 3.63) is 89.5 Å². The highest BCUT2D eigenvalue weighted by Crippen LogP contribution is 2.39. The van der Waals surface area contributed by atoms with Gasteiger partial charge in [0.15, 0.2) is 0 Å². The van der Waals surface area contributed by atoms with Crippen LogP contribution in [0, 0.1) is 5.41 Å². The third-order valence-corrected chi connectivity index (χ3v) is 8.14. The van der Waals surface area contributed by atoms with Gasteiger partial charge in [0, 0.05) is 44.3 Å². The lowest BCUT2D eigenvalue weighted by Gasteiger charge is -2.32. The van der Waals surface area contributed by atoms with Crippen molar-refractivity contribution in [2.24, 2.45) is 5.41 Å². The highest BCUT2D eigenvalue weighted by molar-refractivity contribution is 6.01. The zero-order valence-electron chi connectivity index (χ0n) is 22.5. The Labute approximate surface area is 232 Å². The number of benzene rings is 1. The molecule has 1 aliphatic carbocycles. The number of nitrogens with one attached hydrogen (secondary N) is 3. The van der Waals surface area contributed by atoms with E-state index in [9.17, 15) is 4.79 Å². The molecule has 3 N–H and O–H groups in total. The summed E-state index contributed by atoms with van der Waals surface area (Å²) in [6.45, 7) is 2.10. The first kappa shape index (κ1) is 24.3. The second-order valence-electron chi connectivity index (χ2n) is 11.2. The summed E-state index contributed by atoms with van der Waals surface area (Å²) in [7, 11) is 0. The van der Waals surface area contributed by atoms with Gasteiger partial charge in [-0.3, -0.25) is 4.79 Å². The molecule has 5 heterocycles. The van der Waals surface area contributed by atoms with Crippen LogP contribution in [0.15, 0.2) is 66.7 Å². The molecule has 3 aromatic heterocycles. The van der Waals surface area contributed by atoms with Gasteiger partial charge < -0.3 is 15.3 Å². The molecule has 0 unspecified atom stereocenters. The van der Waals surface area contributed by atoms with Gasteiger partial charge in [0.25, 0.3) is 0 Å². The topological polar surface area (TPSA) is 86.5 Å². The maximum Gasteiger partial charge on any atom is 0.230 e. The molecule has 1 amide bonds. The van der Waals surface area contributed by atoms with Gasteiger partial charge in [-0.1, -0.05) is 44.4 Å². The highest BCUT2D eigenvalue weighted by Gasteiger charge is 2.34. The lowest BCUT2D eigenvalue weighted by Crippen LogP contribution is -2.35. The zero-order valence-corrected chi connectivity index (χ0v) is 22.5. The van der Waals surface area contributed by atoms with Crippen molar-refractivity contribution in [2.75, 3.05) is 5.32 Å². The number of anilines is 1. The monoisotopic (exact) mass is 525 g/mol. The van der Waals surface area contributed by atoms with Gasteiger partial charge >= 0.3 is 0 Å². The number of hydrogen-bond donors (Lipinski definition) is 3. The average molecular weight is 526 g/mol. The minimum atomic E-state index is -0.328. The van der Waals surface area contributed by atoms with Crippen molar-refractivity contribution in [1.29, 1.82) is 0 Å². The number of nitrogens with zero attached hydrogens (tertiary/aromatic N) is 2. The van der Waals surface area contributed by atoms with Crippen molar-refractivity contribution in [3.63, 3.8) is 0 Å². The Hall–Kier alpha value is -4.71. The first-order valence-corrected chi connectivity index (χ1v) is 14.0. The molecular weight excluding hydrogens is 494 g/mol. The predicted molar refractivity (Wildman–Crippen MR) is 164 cm³/mol. The Morgan fingerprint density at radius 1 is 0.700 bits per heavy atom. The van der Waals surface area contributed by atoms with Gasteiger partial charge in [-0.2, -0.15) is 0 Å². The van der Waals surface area contributed by atoms with Crippen LogP contribution in [0.3, 0.4) is 0 Å². The van der Waals surface area contributed by atoms with Crippen molar-refractivity contribution in [2.45, 2.75) is 39.0 Å². The van der Waals surface area contributed by atoms with Gasteiger partial charge in [-0.25, -0.2) is 9.97 Å². The number of hydrogen-bond acceptors (Lipinski definition) is 3. The van der Waals surface area contributed by atoms with Crippen molar-refractivity contribution >= 4 is 58.0 Å². The molecule has 8 bridgehead atoms. The fourth-order valence-electron chi connectivity index (χ4n) is 5.90.